The first-order chi connectivity index (χ1) is 17.5. The van der Waals surface area contributed by atoms with Crippen LogP contribution in [0.25, 0.3) is 0 Å². The van der Waals surface area contributed by atoms with E-state index in [4.69, 9.17) is 21.3 Å². The molecule has 1 heterocycles. The van der Waals surface area contributed by atoms with E-state index in [9.17, 15) is 9.90 Å². The number of aliphatic imine (C=N–C) groups is 1. The van der Waals surface area contributed by atoms with Gasteiger partial charge in [0.2, 0.25) is 0 Å². The largest absolute Gasteiger partial charge is 0.492 e. The van der Waals surface area contributed by atoms with Gasteiger partial charge in [0.15, 0.2) is 5.96 Å². The van der Waals surface area contributed by atoms with Crippen LogP contribution in [0, 0.1) is 6.92 Å². The summed E-state index contributed by atoms with van der Waals surface area (Å²) in [4.78, 5) is 20.7. The van der Waals surface area contributed by atoms with Gasteiger partial charge in [0.1, 0.15) is 12.4 Å². The zero-order chi connectivity index (χ0) is 25.3. The van der Waals surface area contributed by atoms with E-state index >= 15 is 0 Å². The maximum absolute atomic E-state index is 11.2. The number of piperazine rings is 1. The molecule has 4 rings (SSSR count). The minimum absolute atomic E-state index is 0.258. The van der Waals surface area contributed by atoms with Crippen LogP contribution in [0.1, 0.15) is 21.5 Å². The Bertz CT molecular complexity index is 1160. The molecule has 3 aromatic carbocycles. The fourth-order valence-electron chi connectivity index (χ4n) is 3.91. The van der Waals surface area contributed by atoms with Gasteiger partial charge in [-0.2, -0.15) is 0 Å². The molecule has 7 nitrogen and oxygen atoms in total. The van der Waals surface area contributed by atoms with E-state index in [1.807, 2.05) is 24.3 Å². The van der Waals surface area contributed by atoms with Gasteiger partial charge in [0.05, 0.1) is 12.1 Å². The van der Waals surface area contributed by atoms with E-state index < -0.39 is 5.97 Å². The van der Waals surface area contributed by atoms with Gasteiger partial charge in [0.25, 0.3) is 0 Å². The van der Waals surface area contributed by atoms with Crippen LogP contribution < -0.4 is 10.1 Å². The number of hydrogen-bond acceptors (Lipinski definition) is 4. The van der Waals surface area contributed by atoms with Crippen LogP contribution in [-0.2, 0) is 6.54 Å². The fourth-order valence-corrected chi connectivity index (χ4v) is 4.04. The van der Waals surface area contributed by atoms with Crippen LogP contribution in [0.3, 0.4) is 0 Å². The number of anilines is 1. The van der Waals surface area contributed by atoms with Gasteiger partial charge < -0.3 is 20.1 Å². The van der Waals surface area contributed by atoms with E-state index in [0.717, 1.165) is 55.7 Å². The summed E-state index contributed by atoms with van der Waals surface area (Å²) in [7, 11) is 0. The van der Waals surface area contributed by atoms with E-state index in [1.54, 1.807) is 24.3 Å². The highest BCUT2D eigenvalue weighted by Crippen LogP contribution is 2.16. The molecular formula is C28H31ClN4O3. The third kappa shape index (κ3) is 7.47. The van der Waals surface area contributed by atoms with Crippen molar-refractivity contribution in [3.63, 3.8) is 0 Å². The van der Waals surface area contributed by atoms with Crippen LogP contribution in [0.15, 0.2) is 77.8 Å². The van der Waals surface area contributed by atoms with E-state index in [-0.39, 0.29) is 5.56 Å². The molecule has 0 unspecified atom stereocenters. The predicted molar refractivity (Wildman–Crippen MR) is 144 cm³/mol. The van der Waals surface area contributed by atoms with Crippen molar-refractivity contribution >= 4 is 29.2 Å². The topological polar surface area (TPSA) is 77.4 Å². The number of carboxylic acids is 1. The monoisotopic (exact) mass is 506 g/mol. The number of aryl methyl sites for hydroxylation is 1. The first-order valence-electron chi connectivity index (χ1n) is 12.0. The second-order valence-electron chi connectivity index (χ2n) is 8.76. The maximum atomic E-state index is 11.2. The van der Waals surface area contributed by atoms with Gasteiger partial charge in [0, 0.05) is 43.4 Å². The lowest BCUT2D eigenvalue weighted by Crippen LogP contribution is -2.51. The third-order valence-electron chi connectivity index (χ3n) is 6.08. The SMILES string of the molecule is Cc1ccc(CN=C(Nc2ccc(C(=O)O)cc2)N2CCN(CCOc3ccc(Cl)cc3)CC2)cc1. The standard InChI is InChI=1S/C28H31ClN4O3/c1-21-2-4-22(5-3-21)20-30-28(31-25-10-6-23(7-11-25)27(34)35)33-16-14-32(15-17-33)18-19-36-26-12-8-24(29)9-13-26/h2-13H,14-20H2,1H3,(H,30,31)(H,34,35). The molecule has 1 aliphatic rings. The Morgan fingerprint density at radius 1 is 0.972 bits per heavy atom. The maximum Gasteiger partial charge on any atom is 0.335 e. The molecule has 8 heteroatoms. The number of nitrogens with one attached hydrogen (secondary N) is 1. The zero-order valence-corrected chi connectivity index (χ0v) is 21.1. The Morgan fingerprint density at radius 2 is 1.64 bits per heavy atom. The summed E-state index contributed by atoms with van der Waals surface area (Å²) in [6, 6.07) is 22.5. The molecule has 1 fully saturated rings. The molecule has 2 N–H and O–H groups in total. The molecule has 0 amide bonds. The minimum atomic E-state index is -0.939. The summed E-state index contributed by atoms with van der Waals surface area (Å²) < 4.78 is 5.85. The van der Waals surface area contributed by atoms with Crippen molar-refractivity contribution in [2.75, 3.05) is 44.6 Å². The van der Waals surface area contributed by atoms with Gasteiger partial charge in [-0.3, -0.25) is 4.90 Å². The van der Waals surface area contributed by atoms with Crippen molar-refractivity contribution in [1.29, 1.82) is 0 Å². The van der Waals surface area contributed by atoms with Gasteiger partial charge in [-0.25, -0.2) is 9.79 Å². The lowest BCUT2D eigenvalue weighted by atomic mass is 10.1. The minimum Gasteiger partial charge on any atom is -0.492 e. The van der Waals surface area contributed by atoms with Crippen molar-refractivity contribution in [2.24, 2.45) is 4.99 Å². The average molecular weight is 507 g/mol. The third-order valence-corrected chi connectivity index (χ3v) is 6.33. The Labute approximate surface area is 217 Å². The molecule has 0 atom stereocenters. The first kappa shape index (κ1) is 25.5. The summed E-state index contributed by atoms with van der Waals surface area (Å²) in [6.45, 7) is 7.54. The number of rotatable bonds is 8. The second-order valence-corrected chi connectivity index (χ2v) is 9.20. The highest BCUT2D eigenvalue weighted by atomic mass is 35.5. The van der Waals surface area contributed by atoms with Gasteiger partial charge in [-0.1, -0.05) is 41.4 Å². The molecule has 188 valence electrons. The molecule has 3 aromatic rings. The number of nitrogens with zero attached hydrogens (tertiary/aromatic N) is 3. The van der Waals surface area contributed by atoms with Crippen molar-refractivity contribution in [1.82, 2.24) is 9.80 Å². The summed E-state index contributed by atoms with van der Waals surface area (Å²) >= 11 is 5.93. The number of ether oxygens (including phenoxy) is 1. The fraction of sp³-hybridized carbons (Fsp3) is 0.286. The van der Waals surface area contributed by atoms with Crippen molar-refractivity contribution < 1.29 is 14.6 Å². The zero-order valence-electron chi connectivity index (χ0n) is 20.4. The van der Waals surface area contributed by atoms with Crippen molar-refractivity contribution in [3.8, 4) is 5.75 Å². The Hall–Kier alpha value is -3.55. The summed E-state index contributed by atoms with van der Waals surface area (Å²) in [5, 5.41) is 13.3. The van der Waals surface area contributed by atoms with Crippen LogP contribution in [0.4, 0.5) is 5.69 Å². The molecule has 1 aliphatic heterocycles. The second kappa shape index (κ2) is 12.4. The van der Waals surface area contributed by atoms with Crippen LogP contribution in [0.2, 0.25) is 5.02 Å². The van der Waals surface area contributed by atoms with E-state index in [0.29, 0.717) is 18.2 Å². The molecule has 0 bridgehead atoms. The average Bonchev–Trinajstić information content (AvgIpc) is 2.89. The van der Waals surface area contributed by atoms with Crippen molar-refractivity contribution in [3.05, 3.63) is 94.5 Å². The lowest BCUT2D eigenvalue weighted by Gasteiger charge is -2.36. The lowest BCUT2D eigenvalue weighted by molar-refractivity contribution is 0.0697. The molecule has 36 heavy (non-hydrogen) atoms. The molecule has 0 aromatic heterocycles. The van der Waals surface area contributed by atoms with Crippen molar-refractivity contribution in [2.45, 2.75) is 13.5 Å². The van der Waals surface area contributed by atoms with E-state index in [2.05, 4.69) is 46.3 Å². The highest BCUT2D eigenvalue weighted by molar-refractivity contribution is 6.30. The Morgan fingerprint density at radius 3 is 2.28 bits per heavy atom. The number of guanidine groups is 1. The normalized spacial score (nSPS) is 14.5. The summed E-state index contributed by atoms with van der Waals surface area (Å²) in [5.74, 6) is 0.670. The van der Waals surface area contributed by atoms with E-state index in [1.165, 1.54) is 5.56 Å². The summed E-state index contributed by atoms with van der Waals surface area (Å²) in [6.07, 6.45) is 0. The molecule has 0 radical (unpaired) electrons. The van der Waals surface area contributed by atoms with Gasteiger partial charge >= 0.3 is 5.97 Å². The number of aromatic carboxylic acids is 1. The van der Waals surface area contributed by atoms with Crippen LogP contribution >= 0.6 is 11.6 Å². The molecule has 0 saturated carbocycles. The first-order valence-corrected chi connectivity index (χ1v) is 12.4. The molecular weight excluding hydrogens is 476 g/mol. The van der Waals surface area contributed by atoms with Crippen LogP contribution in [-0.4, -0.2) is 66.2 Å². The van der Waals surface area contributed by atoms with Gasteiger partial charge in [-0.15, -0.1) is 0 Å². The quantitative estimate of drug-likeness (QED) is 0.330. The smallest absolute Gasteiger partial charge is 0.335 e. The number of halogens is 1. The number of carbonyl (C=O) groups is 1. The number of benzene rings is 3. The molecule has 0 aliphatic carbocycles. The Kier molecular flexibility index (Phi) is 8.81. The summed E-state index contributed by atoms with van der Waals surface area (Å²) in [5.41, 5.74) is 3.42. The van der Waals surface area contributed by atoms with Crippen LogP contribution in [0.5, 0.6) is 5.75 Å². The predicted octanol–water partition coefficient (Wildman–Crippen LogP) is 5.01. The van der Waals surface area contributed by atoms with Gasteiger partial charge in [-0.05, 0) is 61.0 Å². The molecule has 1 saturated heterocycles. The number of hydrogen-bond donors (Lipinski definition) is 2. The number of carboxylic acid groups (broad SMARTS) is 1. The molecule has 0 spiro atoms. The Balaban J connectivity index is 1.36. The highest BCUT2D eigenvalue weighted by Gasteiger charge is 2.20.